The molecule has 30 heavy (non-hydrogen) atoms. The van der Waals surface area contributed by atoms with Crippen LogP contribution in [0.2, 0.25) is 5.02 Å². The van der Waals surface area contributed by atoms with Gasteiger partial charge in [0, 0.05) is 17.7 Å². The van der Waals surface area contributed by atoms with Crippen LogP contribution < -0.4 is 23.8 Å². The van der Waals surface area contributed by atoms with Crippen molar-refractivity contribution >= 4 is 33.2 Å². The van der Waals surface area contributed by atoms with Crippen molar-refractivity contribution in [1.82, 2.24) is 5.32 Å². The summed E-state index contributed by atoms with van der Waals surface area (Å²) in [6, 6.07) is 9.70. The van der Waals surface area contributed by atoms with Gasteiger partial charge in [0.2, 0.25) is 15.9 Å². The molecule has 0 aliphatic rings. The predicted octanol–water partition coefficient (Wildman–Crippen LogP) is 3.01. The molecular formula is C20H25ClN2O6S. The van der Waals surface area contributed by atoms with E-state index in [-0.39, 0.29) is 22.2 Å². The van der Waals surface area contributed by atoms with E-state index in [0.29, 0.717) is 5.75 Å². The van der Waals surface area contributed by atoms with Crippen molar-refractivity contribution < 1.29 is 27.4 Å². The summed E-state index contributed by atoms with van der Waals surface area (Å²) in [5.41, 5.74) is 0.909. The Kier molecular flexibility index (Phi) is 7.80. The van der Waals surface area contributed by atoms with Crippen molar-refractivity contribution in [2.75, 3.05) is 38.4 Å². The molecule has 0 spiro atoms. The molecule has 1 amide bonds. The van der Waals surface area contributed by atoms with Crippen molar-refractivity contribution in [2.24, 2.45) is 0 Å². The van der Waals surface area contributed by atoms with Crippen molar-refractivity contribution in [3.8, 4) is 17.2 Å². The molecule has 1 atom stereocenters. The lowest BCUT2D eigenvalue weighted by Gasteiger charge is -2.25. The highest BCUT2D eigenvalue weighted by atomic mass is 35.5. The number of hydrogen-bond acceptors (Lipinski definition) is 6. The highest BCUT2D eigenvalue weighted by molar-refractivity contribution is 7.92. The van der Waals surface area contributed by atoms with Gasteiger partial charge in [-0.3, -0.25) is 9.10 Å². The molecule has 0 aliphatic heterocycles. The van der Waals surface area contributed by atoms with Crippen molar-refractivity contribution in [2.45, 2.75) is 13.0 Å². The molecule has 10 heteroatoms. The molecule has 0 aliphatic carbocycles. The Labute approximate surface area is 181 Å². The predicted molar refractivity (Wildman–Crippen MR) is 116 cm³/mol. The molecule has 0 fully saturated rings. The molecule has 164 valence electrons. The van der Waals surface area contributed by atoms with Crippen LogP contribution in [0.15, 0.2) is 36.4 Å². The molecular weight excluding hydrogens is 432 g/mol. The third kappa shape index (κ3) is 5.48. The van der Waals surface area contributed by atoms with Crippen LogP contribution in [-0.4, -0.2) is 48.5 Å². The number of ether oxygens (including phenoxy) is 3. The lowest BCUT2D eigenvalue weighted by Crippen LogP contribution is -2.41. The van der Waals surface area contributed by atoms with Crippen LogP contribution in [0.4, 0.5) is 5.69 Å². The number of rotatable bonds is 9. The summed E-state index contributed by atoms with van der Waals surface area (Å²) in [7, 11) is 0.501. The van der Waals surface area contributed by atoms with Gasteiger partial charge in [-0.15, -0.1) is 0 Å². The van der Waals surface area contributed by atoms with Crippen LogP contribution in [0.3, 0.4) is 0 Å². The first-order valence-corrected chi connectivity index (χ1v) is 11.2. The van der Waals surface area contributed by atoms with Crippen molar-refractivity contribution in [3.05, 3.63) is 47.0 Å². The number of nitrogens with one attached hydrogen (secondary N) is 1. The fraction of sp³-hybridized carbons (Fsp3) is 0.350. The average molecular weight is 457 g/mol. The maximum absolute atomic E-state index is 12.7. The molecule has 1 N–H and O–H groups in total. The number of carbonyl (C=O) groups is 1. The van der Waals surface area contributed by atoms with Gasteiger partial charge in [-0.05, 0) is 13.0 Å². The zero-order chi connectivity index (χ0) is 22.5. The van der Waals surface area contributed by atoms with E-state index in [4.69, 9.17) is 25.8 Å². The summed E-state index contributed by atoms with van der Waals surface area (Å²) in [5, 5.41) is 3.05. The number of benzene rings is 2. The molecule has 2 aromatic rings. The molecule has 1 unspecified atom stereocenters. The fourth-order valence-corrected chi connectivity index (χ4v) is 4.02. The number of sulfonamides is 1. The van der Waals surface area contributed by atoms with E-state index in [0.717, 1.165) is 16.1 Å². The summed E-state index contributed by atoms with van der Waals surface area (Å²) >= 11 is 6.11. The molecule has 2 rings (SSSR count). The quantitative estimate of drug-likeness (QED) is 0.623. The number of carbonyl (C=O) groups excluding carboxylic acids is 1. The van der Waals surface area contributed by atoms with Crippen molar-refractivity contribution in [3.63, 3.8) is 0 Å². The first-order chi connectivity index (χ1) is 14.1. The van der Waals surface area contributed by atoms with E-state index in [9.17, 15) is 13.2 Å². The van der Waals surface area contributed by atoms with Crippen molar-refractivity contribution in [1.29, 1.82) is 0 Å². The first-order valence-electron chi connectivity index (χ1n) is 8.93. The number of para-hydroxylation sites is 1. The first kappa shape index (κ1) is 23.6. The van der Waals surface area contributed by atoms with Gasteiger partial charge in [0.15, 0.2) is 0 Å². The van der Waals surface area contributed by atoms with E-state index in [1.165, 1.54) is 26.4 Å². The fourth-order valence-electron chi connectivity index (χ4n) is 2.94. The second-order valence-corrected chi connectivity index (χ2v) is 8.77. The molecule has 0 radical (unpaired) electrons. The monoisotopic (exact) mass is 456 g/mol. The molecule has 0 saturated heterocycles. The smallest absolute Gasteiger partial charge is 0.241 e. The lowest BCUT2D eigenvalue weighted by atomic mass is 10.1. The number of amides is 1. The van der Waals surface area contributed by atoms with Crippen LogP contribution in [0.1, 0.15) is 18.5 Å². The highest BCUT2D eigenvalue weighted by Crippen LogP contribution is 2.39. The van der Waals surface area contributed by atoms with Gasteiger partial charge >= 0.3 is 0 Å². The number of halogens is 1. The maximum atomic E-state index is 12.7. The molecule has 0 aromatic heterocycles. The second-order valence-electron chi connectivity index (χ2n) is 6.46. The van der Waals surface area contributed by atoms with Gasteiger partial charge in [-0.2, -0.15) is 0 Å². The van der Waals surface area contributed by atoms with Crippen LogP contribution in [0.25, 0.3) is 0 Å². The number of methoxy groups -OCH3 is 3. The van der Waals surface area contributed by atoms with Gasteiger partial charge < -0.3 is 19.5 Å². The third-order valence-electron chi connectivity index (χ3n) is 4.39. The van der Waals surface area contributed by atoms with E-state index >= 15 is 0 Å². The summed E-state index contributed by atoms with van der Waals surface area (Å²) in [5.74, 6) is 0.560. The van der Waals surface area contributed by atoms with Gasteiger partial charge in [0.25, 0.3) is 0 Å². The number of nitrogens with zero attached hydrogens (tertiary/aromatic N) is 1. The minimum Gasteiger partial charge on any atom is -0.496 e. The normalized spacial score (nSPS) is 12.1. The van der Waals surface area contributed by atoms with Crippen LogP contribution in [-0.2, 0) is 14.8 Å². The molecule has 8 nitrogen and oxygen atoms in total. The average Bonchev–Trinajstić information content (AvgIpc) is 2.71. The minimum absolute atomic E-state index is 0.140. The molecule has 0 saturated carbocycles. The van der Waals surface area contributed by atoms with E-state index in [2.05, 4.69) is 5.32 Å². The Bertz CT molecular complexity index is 1010. The Morgan fingerprint density at radius 3 is 2.23 bits per heavy atom. The van der Waals surface area contributed by atoms with Crippen LogP contribution in [0.5, 0.6) is 17.2 Å². The Balaban J connectivity index is 2.33. The summed E-state index contributed by atoms with van der Waals surface area (Å²) < 4.78 is 41.7. The number of anilines is 1. The third-order valence-corrected chi connectivity index (χ3v) is 5.81. The number of hydrogen-bond donors (Lipinski definition) is 1. The molecule has 0 heterocycles. The van der Waals surface area contributed by atoms with Gasteiger partial charge in [-0.25, -0.2) is 8.42 Å². The summed E-state index contributed by atoms with van der Waals surface area (Å²) in [6.07, 6.45) is 1.00. The zero-order valence-corrected chi connectivity index (χ0v) is 19.0. The minimum atomic E-state index is -3.83. The SMILES string of the molecule is COc1cc(N(CC(=O)NC(C)c2ccccc2OC)S(C)(=O)=O)c(OC)cc1Cl. The zero-order valence-electron chi connectivity index (χ0n) is 17.4. The Morgan fingerprint density at radius 2 is 1.67 bits per heavy atom. The van der Waals surface area contributed by atoms with Gasteiger partial charge in [0.1, 0.15) is 23.8 Å². The van der Waals surface area contributed by atoms with Gasteiger partial charge in [-0.1, -0.05) is 29.8 Å². The lowest BCUT2D eigenvalue weighted by molar-refractivity contribution is -0.120. The highest BCUT2D eigenvalue weighted by Gasteiger charge is 2.26. The summed E-state index contributed by atoms with van der Waals surface area (Å²) in [6.45, 7) is 1.33. The largest absolute Gasteiger partial charge is 0.496 e. The Hall–Kier alpha value is -2.65. The van der Waals surface area contributed by atoms with E-state index in [1.807, 2.05) is 18.2 Å². The Morgan fingerprint density at radius 1 is 1.07 bits per heavy atom. The van der Waals surface area contributed by atoms with E-state index < -0.39 is 28.5 Å². The topological polar surface area (TPSA) is 94.2 Å². The second kappa shape index (κ2) is 9.90. The van der Waals surface area contributed by atoms with Gasteiger partial charge in [0.05, 0.1) is 44.3 Å². The molecule has 0 bridgehead atoms. The summed E-state index contributed by atoms with van der Waals surface area (Å²) in [4.78, 5) is 12.7. The maximum Gasteiger partial charge on any atom is 0.241 e. The molecule has 2 aromatic carbocycles. The van der Waals surface area contributed by atoms with E-state index in [1.54, 1.807) is 20.1 Å². The van der Waals surface area contributed by atoms with Crippen LogP contribution >= 0.6 is 11.6 Å². The van der Waals surface area contributed by atoms with Crippen LogP contribution in [0, 0.1) is 0 Å². The standard InChI is InChI=1S/C20H25ClN2O6S/c1-13(14-8-6-7-9-17(14)27-2)22-20(24)12-23(30(5,25)26)16-11-18(28-3)15(21)10-19(16)29-4/h6-11,13H,12H2,1-5H3,(H,22,24).